The molecule has 4 heterocycles. The lowest BCUT2D eigenvalue weighted by Gasteiger charge is -2.34. The molecular formula is C29H36N10O. The van der Waals surface area contributed by atoms with Crippen LogP contribution in [0.5, 0.6) is 0 Å². The summed E-state index contributed by atoms with van der Waals surface area (Å²) in [4.78, 5) is 26.6. The topological polar surface area (TPSA) is 129 Å². The Bertz CT molecular complexity index is 1440. The molecule has 0 unspecified atom stereocenters. The number of imidazole rings is 1. The maximum Gasteiger partial charge on any atom is 0.276 e. The SMILES string of the molecule is CN1CCN(c2ccc(Nc3cc(N[C@H]4CC[C@H](N)CC4)nn4c(C(=O)Nc5ccncc5)cnc34)cc2)CC1. The summed E-state index contributed by atoms with van der Waals surface area (Å²) in [5.74, 6) is 0.384. The van der Waals surface area contributed by atoms with Crippen LogP contribution in [0, 0.1) is 0 Å². The van der Waals surface area contributed by atoms with Crippen LogP contribution in [-0.2, 0) is 0 Å². The van der Waals surface area contributed by atoms with Gasteiger partial charge in [0.15, 0.2) is 11.3 Å². The molecule has 5 N–H and O–H groups in total. The van der Waals surface area contributed by atoms with Gasteiger partial charge in [-0.1, -0.05) is 0 Å². The third kappa shape index (κ3) is 5.85. The van der Waals surface area contributed by atoms with E-state index in [2.05, 4.69) is 67.0 Å². The molecule has 1 aliphatic carbocycles. The second-order valence-electron chi connectivity index (χ2n) is 10.7. The molecule has 11 heteroatoms. The van der Waals surface area contributed by atoms with Gasteiger partial charge < -0.3 is 31.5 Å². The van der Waals surface area contributed by atoms with Crippen LogP contribution in [0.3, 0.4) is 0 Å². The number of likely N-dealkylation sites (N-methyl/N-ethyl adjacent to an activating group) is 1. The van der Waals surface area contributed by atoms with Gasteiger partial charge in [0.25, 0.3) is 5.91 Å². The zero-order valence-corrected chi connectivity index (χ0v) is 22.8. The smallest absolute Gasteiger partial charge is 0.276 e. The molecule has 1 aliphatic heterocycles. The van der Waals surface area contributed by atoms with E-state index in [1.165, 1.54) is 5.69 Å². The second-order valence-corrected chi connectivity index (χ2v) is 10.7. The first kappa shape index (κ1) is 26.0. The fourth-order valence-electron chi connectivity index (χ4n) is 5.36. The van der Waals surface area contributed by atoms with Crippen molar-refractivity contribution in [1.82, 2.24) is 24.5 Å². The van der Waals surface area contributed by atoms with Gasteiger partial charge in [-0.2, -0.15) is 0 Å². The quantitative estimate of drug-likeness (QED) is 0.278. The summed E-state index contributed by atoms with van der Waals surface area (Å²) in [5.41, 5.74) is 10.6. The molecule has 2 aliphatic rings. The Morgan fingerprint density at radius 2 is 1.68 bits per heavy atom. The number of benzene rings is 1. The standard InChI is InChI=1S/C29H36N10O/c1-37-14-16-38(17-15-37)24-8-6-21(7-9-24)33-25-18-27(34-22-4-2-20(30)3-5-22)36-39-26(19-32-28(25)39)29(40)35-23-10-12-31-13-11-23/h6-13,18-20,22,33H,2-5,14-17,30H2,1H3,(H,34,36)(H,31,35,40)/t20-,22-. The minimum atomic E-state index is -0.297. The monoisotopic (exact) mass is 540 g/mol. The summed E-state index contributed by atoms with van der Waals surface area (Å²) in [6, 6.07) is 14.5. The van der Waals surface area contributed by atoms with E-state index < -0.39 is 0 Å². The fraction of sp³-hybridized carbons (Fsp3) is 0.379. The molecule has 2 fully saturated rings. The summed E-state index contributed by atoms with van der Waals surface area (Å²) in [6.07, 6.45) is 8.76. The summed E-state index contributed by atoms with van der Waals surface area (Å²) < 4.78 is 1.61. The van der Waals surface area contributed by atoms with Gasteiger partial charge in [0.2, 0.25) is 0 Å². The van der Waals surface area contributed by atoms with Crippen LogP contribution in [-0.4, -0.2) is 75.7 Å². The second kappa shape index (κ2) is 11.5. The van der Waals surface area contributed by atoms with E-state index in [0.717, 1.165) is 63.2 Å². The maximum atomic E-state index is 13.2. The number of carbonyl (C=O) groups is 1. The largest absolute Gasteiger partial charge is 0.369 e. The van der Waals surface area contributed by atoms with Gasteiger partial charge in [-0.25, -0.2) is 9.50 Å². The molecule has 11 nitrogen and oxygen atoms in total. The molecular weight excluding hydrogens is 504 g/mol. The predicted octanol–water partition coefficient (Wildman–Crippen LogP) is 3.55. The normalized spacial score (nSPS) is 19.9. The van der Waals surface area contributed by atoms with Crippen LogP contribution in [0.2, 0.25) is 0 Å². The van der Waals surface area contributed by atoms with E-state index in [1.807, 2.05) is 6.07 Å². The van der Waals surface area contributed by atoms with Gasteiger partial charge in [-0.3, -0.25) is 9.78 Å². The highest BCUT2D eigenvalue weighted by Crippen LogP contribution is 2.28. The van der Waals surface area contributed by atoms with E-state index in [9.17, 15) is 4.79 Å². The fourth-order valence-corrected chi connectivity index (χ4v) is 5.36. The molecule has 0 bridgehead atoms. The Balaban J connectivity index is 1.28. The Kier molecular flexibility index (Phi) is 7.47. The Morgan fingerprint density at radius 3 is 2.40 bits per heavy atom. The highest BCUT2D eigenvalue weighted by Gasteiger charge is 2.22. The van der Waals surface area contributed by atoms with Gasteiger partial charge in [0.05, 0.1) is 11.9 Å². The van der Waals surface area contributed by atoms with Crippen LogP contribution in [0.4, 0.5) is 28.6 Å². The number of hydrogen-bond acceptors (Lipinski definition) is 9. The molecule has 1 aromatic carbocycles. The van der Waals surface area contributed by atoms with Crippen molar-refractivity contribution in [3.8, 4) is 0 Å². The Hall–Kier alpha value is -4.22. The number of nitrogens with two attached hydrogens (primary N) is 1. The van der Waals surface area contributed by atoms with Crippen LogP contribution in [0.25, 0.3) is 5.65 Å². The average Bonchev–Trinajstić information content (AvgIpc) is 3.40. The van der Waals surface area contributed by atoms with E-state index in [4.69, 9.17) is 10.8 Å². The number of hydrogen-bond donors (Lipinski definition) is 4. The number of nitrogens with zero attached hydrogens (tertiary/aromatic N) is 6. The lowest BCUT2D eigenvalue weighted by molar-refractivity contribution is 0.102. The number of piperazine rings is 1. The maximum absolute atomic E-state index is 13.2. The molecule has 6 rings (SSSR count). The van der Waals surface area contributed by atoms with Crippen LogP contribution < -0.4 is 26.6 Å². The summed E-state index contributed by atoms with van der Waals surface area (Å²) >= 11 is 0. The van der Waals surface area contributed by atoms with Gasteiger partial charge in [-0.15, -0.1) is 5.10 Å². The van der Waals surface area contributed by atoms with Gasteiger partial charge in [0, 0.05) is 73.8 Å². The lowest BCUT2D eigenvalue weighted by atomic mass is 9.92. The van der Waals surface area contributed by atoms with Crippen molar-refractivity contribution in [2.24, 2.45) is 5.73 Å². The molecule has 0 radical (unpaired) electrons. The van der Waals surface area contributed by atoms with Gasteiger partial charge >= 0.3 is 0 Å². The highest BCUT2D eigenvalue weighted by molar-refractivity contribution is 6.03. The number of anilines is 5. The molecule has 208 valence electrons. The van der Waals surface area contributed by atoms with Gasteiger partial charge in [0.1, 0.15) is 5.82 Å². The minimum Gasteiger partial charge on any atom is -0.369 e. The average molecular weight is 541 g/mol. The molecule has 3 aromatic heterocycles. The third-order valence-corrected chi connectivity index (χ3v) is 7.78. The first-order chi connectivity index (χ1) is 19.5. The number of pyridine rings is 1. The van der Waals surface area contributed by atoms with Crippen molar-refractivity contribution in [2.45, 2.75) is 37.8 Å². The predicted molar refractivity (Wildman–Crippen MR) is 158 cm³/mol. The Labute approximate surface area is 233 Å². The molecule has 0 spiro atoms. The van der Waals surface area contributed by atoms with Crippen molar-refractivity contribution < 1.29 is 4.79 Å². The first-order valence-electron chi connectivity index (χ1n) is 13.9. The van der Waals surface area contributed by atoms with Crippen molar-refractivity contribution in [3.05, 3.63) is 66.7 Å². The number of rotatable bonds is 7. The summed E-state index contributed by atoms with van der Waals surface area (Å²) in [6.45, 7) is 4.17. The van der Waals surface area contributed by atoms with Gasteiger partial charge in [-0.05, 0) is 69.1 Å². The van der Waals surface area contributed by atoms with Crippen LogP contribution >= 0.6 is 0 Å². The first-order valence-corrected chi connectivity index (χ1v) is 13.9. The van der Waals surface area contributed by atoms with Crippen LogP contribution in [0.1, 0.15) is 36.2 Å². The molecule has 1 amide bonds. The minimum absolute atomic E-state index is 0.261. The Morgan fingerprint density at radius 1 is 0.950 bits per heavy atom. The molecule has 40 heavy (non-hydrogen) atoms. The van der Waals surface area contributed by atoms with Crippen molar-refractivity contribution >= 4 is 40.1 Å². The van der Waals surface area contributed by atoms with E-state index in [0.29, 0.717) is 22.8 Å². The number of nitrogens with one attached hydrogen (secondary N) is 3. The van der Waals surface area contributed by atoms with E-state index in [1.54, 1.807) is 35.2 Å². The molecule has 1 saturated heterocycles. The lowest BCUT2D eigenvalue weighted by Crippen LogP contribution is -2.44. The number of aromatic nitrogens is 4. The number of fused-ring (bicyclic) bond motifs is 1. The number of amides is 1. The zero-order valence-electron chi connectivity index (χ0n) is 22.8. The van der Waals surface area contributed by atoms with Crippen molar-refractivity contribution in [1.29, 1.82) is 0 Å². The zero-order chi connectivity index (χ0) is 27.5. The van der Waals surface area contributed by atoms with E-state index >= 15 is 0 Å². The van der Waals surface area contributed by atoms with Crippen molar-refractivity contribution in [3.63, 3.8) is 0 Å². The molecule has 1 saturated carbocycles. The number of carbonyl (C=O) groups excluding carboxylic acids is 1. The molecule has 0 atom stereocenters. The molecule has 4 aromatic rings. The third-order valence-electron chi connectivity index (χ3n) is 7.78. The van der Waals surface area contributed by atoms with Crippen molar-refractivity contribution in [2.75, 3.05) is 54.1 Å². The van der Waals surface area contributed by atoms with Crippen LogP contribution in [0.15, 0.2) is 61.1 Å². The highest BCUT2D eigenvalue weighted by atomic mass is 16.2. The summed E-state index contributed by atoms with van der Waals surface area (Å²) in [7, 11) is 2.16. The van der Waals surface area contributed by atoms with E-state index in [-0.39, 0.29) is 18.0 Å². The summed E-state index contributed by atoms with van der Waals surface area (Å²) in [5, 5.41) is 14.8.